The second-order valence-corrected chi connectivity index (χ2v) is 6.74. The van der Waals surface area contributed by atoms with E-state index >= 15 is 0 Å². The van der Waals surface area contributed by atoms with Crippen LogP contribution >= 0.6 is 11.6 Å². The van der Waals surface area contributed by atoms with Crippen molar-refractivity contribution in [2.24, 2.45) is 5.73 Å². The summed E-state index contributed by atoms with van der Waals surface area (Å²) in [7, 11) is 4.35. The Kier molecular flexibility index (Phi) is 6.06. The number of likely N-dealkylation sites (tertiary alicyclic amines) is 1. The summed E-state index contributed by atoms with van der Waals surface area (Å²) < 4.78 is 0. The average Bonchev–Trinajstić information content (AvgIpc) is 2.49. The molecule has 2 rings (SSSR count). The summed E-state index contributed by atoms with van der Waals surface area (Å²) in [5.74, 6) is 0. The number of hydrogen-bond acceptors (Lipinski definition) is 3. The third kappa shape index (κ3) is 4.19. The van der Waals surface area contributed by atoms with Crippen molar-refractivity contribution in [1.82, 2.24) is 9.80 Å². The number of hydrogen-bond donors (Lipinski definition) is 1. The highest BCUT2D eigenvalue weighted by atomic mass is 35.5. The lowest BCUT2D eigenvalue weighted by molar-refractivity contribution is 0.0948. The molecule has 2 N–H and O–H groups in total. The molecule has 1 aliphatic heterocycles. The van der Waals surface area contributed by atoms with E-state index in [1.54, 1.807) is 0 Å². The van der Waals surface area contributed by atoms with Crippen molar-refractivity contribution in [3.05, 3.63) is 34.9 Å². The molecule has 3 nitrogen and oxygen atoms in total. The zero-order valence-electron chi connectivity index (χ0n) is 13.4. The van der Waals surface area contributed by atoms with Crippen molar-refractivity contribution in [3.63, 3.8) is 0 Å². The Bertz CT molecular complexity index is 424. The van der Waals surface area contributed by atoms with Crippen LogP contribution in [0.2, 0.25) is 5.02 Å². The fraction of sp³-hybridized carbons (Fsp3) is 0.647. The molecular formula is C17H28ClN3. The molecule has 0 aromatic heterocycles. The van der Waals surface area contributed by atoms with Crippen molar-refractivity contribution >= 4 is 11.6 Å². The van der Waals surface area contributed by atoms with Gasteiger partial charge >= 0.3 is 0 Å². The second kappa shape index (κ2) is 7.59. The van der Waals surface area contributed by atoms with E-state index in [2.05, 4.69) is 43.0 Å². The quantitative estimate of drug-likeness (QED) is 0.907. The predicted octanol–water partition coefficient (Wildman–Crippen LogP) is 3.14. The fourth-order valence-corrected chi connectivity index (χ4v) is 3.42. The summed E-state index contributed by atoms with van der Waals surface area (Å²) in [5, 5.41) is 0.786. The standard InChI is InChI=1S/C17H28ClN3/c1-4-16(19)17(13-5-7-14(18)8-6-13)21-11-9-15(10-12-21)20(2)3/h5-8,15-17H,4,9-12,19H2,1-3H3. The van der Waals surface area contributed by atoms with Crippen LogP contribution in [0.1, 0.15) is 37.8 Å². The summed E-state index contributed by atoms with van der Waals surface area (Å²) in [5.41, 5.74) is 7.72. The zero-order chi connectivity index (χ0) is 15.4. The summed E-state index contributed by atoms with van der Waals surface area (Å²) in [6.07, 6.45) is 3.42. The molecule has 0 spiro atoms. The first-order valence-electron chi connectivity index (χ1n) is 7.94. The third-order valence-corrected chi connectivity index (χ3v) is 4.96. The van der Waals surface area contributed by atoms with E-state index in [-0.39, 0.29) is 6.04 Å². The SMILES string of the molecule is CCC(N)C(c1ccc(Cl)cc1)N1CCC(N(C)C)CC1. The molecule has 0 saturated carbocycles. The molecule has 0 bridgehead atoms. The van der Waals surface area contributed by atoms with E-state index in [4.69, 9.17) is 17.3 Å². The Morgan fingerprint density at radius 2 is 1.81 bits per heavy atom. The van der Waals surface area contributed by atoms with Gasteiger partial charge in [-0.15, -0.1) is 0 Å². The lowest BCUT2D eigenvalue weighted by Crippen LogP contribution is -2.48. The number of rotatable bonds is 5. The zero-order valence-corrected chi connectivity index (χ0v) is 14.2. The molecule has 1 aliphatic rings. The molecule has 0 amide bonds. The minimum Gasteiger partial charge on any atom is -0.326 e. The van der Waals surface area contributed by atoms with Crippen LogP contribution in [0.15, 0.2) is 24.3 Å². The Morgan fingerprint density at radius 3 is 2.29 bits per heavy atom. The third-order valence-electron chi connectivity index (χ3n) is 4.71. The maximum Gasteiger partial charge on any atom is 0.0499 e. The summed E-state index contributed by atoms with van der Waals surface area (Å²) in [6.45, 7) is 4.40. The van der Waals surface area contributed by atoms with Crippen LogP contribution in [-0.4, -0.2) is 49.1 Å². The first-order valence-corrected chi connectivity index (χ1v) is 8.32. The Morgan fingerprint density at radius 1 is 1.24 bits per heavy atom. The maximum atomic E-state index is 6.43. The van der Waals surface area contributed by atoms with E-state index < -0.39 is 0 Å². The van der Waals surface area contributed by atoms with Gasteiger partial charge in [0.05, 0.1) is 0 Å². The molecule has 1 saturated heterocycles. The van der Waals surface area contributed by atoms with Crippen LogP contribution in [0, 0.1) is 0 Å². The summed E-state index contributed by atoms with van der Waals surface area (Å²) >= 11 is 6.02. The van der Waals surface area contributed by atoms with E-state index in [0.717, 1.165) is 24.5 Å². The van der Waals surface area contributed by atoms with E-state index in [1.807, 2.05) is 12.1 Å². The highest BCUT2D eigenvalue weighted by Gasteiger charge is 2.30. The van der Waals surface area contributed by atoms with Crippen molar-refractivity contribution in [3.8, 4) is 0 Å². The molecule has 2 atom stereocenters. The first kappa shape index (κ1) is 16.8. The van der Waals surface area contributed by atoms with Crippen LogP contribution in [-0.2, 0) is 0 Å². The van der Waals surface area contributed by atoms with Gasteiger partial charge in [-0.2, -0.15) is 0 Å². The predicted molar refractivity (Wildman–Crippen MR) is 90.7 cm³/mol. The van der Waals surface area contributed by atoms with Gasteiger partial charge in [-0.3, -0.25) is 4.90 Å². The lowest BCUT2D eigenvalue weighted by Gasteiger charge is -2.41. The smallest absolute Gasteiger partial charge is 0.0499 e. The van der Waals surface area contributed by atoms with Gasteiger partial charge in [0.1, 0.15) is 0 Å². The monoisotopic (exact) mass is 309 g/mol. The molecule has 2 unspecified atom stereocenters. The van der Waals surface area contributed by atoms with Gasteiger partial charge in [-0.1, -0.05) is 30.7 Å². The summed E-state index contributed by atoms with van der Waals surface area (Å²) in [6, 6.07) is 9.36. The molecule has 0 radical (unpaired) electrons. The van der Waals surface area contributed by atoms with Crippen LogP contribution in [0.3, 0.4) is 0 Å². The topological polar surface area (TPSA) is 32.5 Å². The molecule has 21 heavy (non-hydrogen) atoms. The molecular weight excluding hydrogens is 282 g/mol. The van der Waals surface area contributed by atoms with Gasteiger partial charge in [-0.05, 0) is 51.1 Å². The van der Waals surface area contributed by atoms with Crippen LogP contribution in [0.25, 0.3) is 0 Å². The van der Waals surface area contributed by atoms with E-state index in [1.165, 1.54) is 18.4 Å². The first-order chi connectivity index (χ1) is 10.0. The van der Waals surface area contributed by atoms with Crippen LogP contribution in [0.5, 0.6) is 0 Å². The molecule has 1 fully saturated rings. The van der Waals surface area contributed by atoms with Gasteiger partial charge in [0.25, 0.3) is 0 Å². The number of piperidine rings is 1. The second-order valence-electron chi connectivity index (χ2n) is 6.30. The van der Waals surface area contributed by atoms with Gasteiger partial charge < -0.3 is 10.6 Å². The Hall–Kier alpha value is -0.610. The lowest BCUT2D eigenvalue weighted by atomic mass is 9.93. The highest BCUT2D eigenvalue weighted by molar-refractivity contribution is 6.30. The number of nitrogens with zero attached hydrogens (tertiary/aromatic N) is 2. The molecule has 4 heteroatoms. The number of nitrogens with two attached hydrogens (primary N) is 1. The van der Waals surface area contributed by atoms with Crippen LogP contribution < -0.4 is 5.73 Å². The molecule has 1 aromatic carbocycles. The average molecular weight is 310 g/mol. The maximum absolute atomic E-state index is 6.43. The van der Waals surface area contributed by atoms with Crippen molar-refractivity contribution in [2.45, 2.75) is 44.3 Å². The number of benzene rings is 1. The van der Waals surface area contributed by atoms with Gasteiger partial charge in [0, 0.05) is 36.2 Å². The minimum absolute atomic E-state index is 0.169. The largest absolute Gasteiger partial charge is 0.326 e. The Labute approximate surface area is 134 Å². The Balaban J connectivity index is 2.12. The van der Waals surface area contributed by atoms with E-state index in [9.17, 15) is 0 Å². The summed E-state index contributed by atoms with van der Waals surface area (Å²) in [4.78, 5) is 4.89. The normalized spacial score (nSPS) is 20.7. The van der Waals surface area contributed by atoms with Gasteiger partial charge in [0.15, 0.2) is 0 Å². The van der Waals surface area contributed by atoms with Crippen LogP contribution in [0.4, 0.5) is 0 Å². The van der Waals surface area contributed by atoms with Gasteiger partial charge in [-0.25, -0.2) is 0 Å². The van der Waals surface area contributed by atoms with Crippen molar-refractivity contribution in [2.75, 3.05) is 27.2 Å². The molecule has 118 valence electrons. The number of halogens is 1. The van der Waals surface area contributed by atoms with Crippen molar-refractivity contribution in [1.29, 1.82) is 0 Å². The molecule has 1 heterocycles. The van der Waals surface area contributed by atoms with E-state index in [0.29, 0.717) is 12.1 Å². The minimum atomic E-state index is 0.169. The molecule has 0 aliphatic carbocycles. The molecule has 1 aromatic rings. The van der Waals surface area contributed by atoms with Crippen molar-refractivity contribution < 1.29 is 0 Å². The fourth-order valence-electron chi connectivity index (χ4n) is 3.29. The highest BCUT2D eigenvalue weighted by Crippen LogP contribution is 2.29. The van der Waals surface area contributed by atoms with Gasteiger partial charge in [0.2, 0.25) is 0 Å².